The predicted molar refractivity (Wildman–Crippen MR) is 82.6 cm³/mol. The van der Waals surface area contributed by atoms with Crippen molar-refractivity contribution >= 4 is 47.2 Å². The van der Waals surface area contributed by atoms with Crippen molar-refractivity contribution in [3.63, 3.8) is 0 Å². The zero-order chi connectivity index (χ0) is 13.2. The molecule has 0 bridgehead atoms. The molecule has 2 N–H and O–H groups in total. The normalized spacial score (nSPS) is 22.5. The van der Waals surface area contributed by atoms with Crippen molar-refractivity contribution in [3.05, 3.63) is 28.2 Å². The molecule has 1 aliphatic heterocycles. The van der Waals surface area contributed by atoms with E-state index in [-0.39, 0.29) is 18.3 Å². The number of hydrogen-bond donors (Lipinski definition) is 2. The highest BCUT2D eigenvalue weighted by atomic mass is 35.5. The SMILES string of the molecule is CC1(C(=O)Nc2ccc(Cl)c(Cl)c2)CCCCN1.Cl. The third kappa shape index (κ3) is 3.99. The lowest BCUT2D eigenvalue weighted by Gasteiger charge is -2.33. The molecule has 2 rings (SSSR count). The smallest absolute Gasteiger partial charge is 0.244 e. The molecule has 1 aliphatic rings. The van der Waals surface area contributed by atoms with Gasteiger partial charge in [0.05, 0.1) is 15.6 Å². The van der Waals surface area contributed by atoms with Crippen molar-refractivity contribution in [2.45, 2.75) is 31.7 Å². The average Bonchev–Trinajstić information content (AvgIpc) is 2.35. The Morgan fingerprint density at radius 2 is 2.05 bits per heavy atom. The lowest BCUT2D eigenvalue weighted by Crippen LogP contribution is -2.54. The first-order valence-electron chi connectivity index (χ1n) is 6.03. The Kier molecular flexibility index (Phi) is 5.93. The molecule has 1 fully saturated rings. The lowest BCUT2D eigenvalue weighted by molar-refractivity contribution is -0.122. The van der Waals surface area contributed by atoms with Crippen LogP contribution in [0.3, 0.4) is 0 Å². The summed E-state index contributed by atoms with van der Waals surface area (Å²) < 4.78 is 0. The zero-order valence-electron chi connectivity index (χ0n) is 10.6. The van der Waals surface area contributed by atoms with Gasteiger partial charge in [-0.25, -0.2) is 0 Å². The molecular weight excluding hydrogens is 307 g/mol. The number of rotatable bonds is 2. The Labute approximate surface area is 129 Å². The second kappa shape index (κ2) is 6.80. The van der Waals surface area contributed by atoms with Crippen molar-refractivity contribution in [2.75, 3.05) is 11.9 Å². The third-order valence-corrected chi connectivity index (χ3v) is 4.04. The van der Waals surface area contributed by atoms with Crippen LogP contribution in [-0.4, -0.2) is 18.0 Å². The van der Waals surface area contributed by atoms with E-state index in [2.05, 4.69) is 10.6 Å². The molecule has 1 aromatic rings. The molecule has 6 heteroatoms. The summed E-state index contributed by atoms with van der Waals surface area (Å²) in [6.45, 7) is 2.81. The first-order valence-corrected chi connectivity index (χ1v) is 6.78. The van der Waals surface area contributed by atoms with Crippen LogP contribution in [0.2, 0.25) is 10.0 Å². The van der Waals surface area contributed by atoms with Gasteiger partial charge in [0.25, 0.3) is 0 Å². The second-order valence-corrected chi connectivity index (χ2v) is 5.61. The van der Waals surface area contributed by atoms with Crippen LogP contribution < -0.4 is 10.6 Å². The van der Waals surface area contributed by atoms with E-state index in [9.17, 15) is 4.79 Å². The Balaban J connectivity index is 0.00000180. The average molecular weight is 324 g/mol. The van der Waals surface area contributed by atoms with Gasteiger partial charge in [-0.15, -0.1) is 12.4 Å². The highest BCUT2D eigenvalue weighted by Gasteiger charge is 2.34. The molecule has 1 amide bonds. The molecule has 0 spiro atoms. The van der Waals surface area contributed by atoms with Crippen LogP contribution in [0, 0.1) is 0 Å². The van der Waals surface area contributed by atoms with Gasteiger partial charge >= 0.3 is 0 Å². The first kappa shape index (κ1) is 16.6. The van der Waals surface area contributed by atoms with Gasteiger partial charge in [0, 0.05) is 5.69 Å². The highest BCUT2D eigenvalue weighted by molar-refractivity contribution is 6.42. The number of piperidine rings is 1. The van der Waals surface area contributed by atoms with Crippen LogP contribution in [0.1, 0.15) is 26.2 Å². The summed E-state index contributed by atoms with van der Waals surface area (Å²) in [4.78, 5) is 12.2. The third-order valence-electron chi connectivity index (χ3n) is 3.30. The topological polar surface area (TPSA) is 41.1 Å². The van der Waals surface area contributed by atoms with Gasteiger partial charge in [-0.2, -0.15) is 0 Å². The molecular formula is C13H17Cl3N2O. The van der Waals surface area contributed by atoms with Crippen LogP contribution in [-0.2, 0) is 4.79 Å². The number of nitrogens with one attached hydrogen (secondary N) is 2. The summed E-state index contributed by atoms with van der Waals surface area (Å²) in [6, 6.07) is 5.09. The van der Waals surface area contributed by atoms with Crippen molar-refractivity contribution in [1.29, 1.82) is 0 Å². The van der Waals surface area contributed by atoms with E-state index in [1.54, 1.807) is 18.2 Å². The van der Waals surface area contributed by atoms with Gasteiger partial charge in [-0.05, 0) is 50.9 Å². The minimum Gasteiger partial charge on any atom is -0.324 e. The maximum atomic E-state index is 12.2. The Hall–Kier alpha value is -0.480. The molecule has 0 aromatic heterocycles. The van der Waals surface area contributed by atoms with Crippen LogP contribution in [0.15, 0.2) is 18.2 Å². The van der Waals surface area contributed by atoms with Gasteiger partial charge in [-0.3, -0.25) is 4.79 Å². The molecule has 1 unspecified atom stereocenters. The fraction of sp³-hybridized carbons (Fsp3) is 0.462. The molecule has 1 saturated heterocycles. The van der Waals surface area contributed by atoms with E-state index in [1.807, 2.05) is 6.92 Å². The van der Waals surface area contributed by atoms with Crippen LogP contribution in [0.4, 0.5) is 5.69 Å². The summed E-state index contributed by atoms with van der Waals surface area (Å²) >= 11 is 11.8. The predicted octanol–water partition coefficient (Wildman–Crippen LogP) is 3.89. The van der Waals surface area contributed by atoms with E-state index in [0.717, 1.165) is 25.8 Å². The Morgan fingerprint density at radius 3 is 2.63 bits per heavy atom. The molecule has 1 atom stereocenters. The minimum atomic E-state index is -0.496. The molecule has 1 aromatic carbocycles. The lowest BCUT2D eigenvalue weighted by atomic mass is 9.90. The van der Waals surface area contributed by atoms with Crippen molar-refractivity contribution in [3.8, 4) is 0 Å². The number of hydrogen-bond acceptors (Lipinski definition) is 2. The van der Waals surface area contributed by atoms with Gasteiger partial charge in [-0.1, -0.05) is 23.2 Å². The zero-order valence-corrected chi connectivity index (χ0v) is 13.0. The molecule has 1 heterocycles. The van der Waals surface area contributed by atoms with Crippen LogP contribution in [0.25, 0.3) is 0 Å². The van der Waals surface area contributed by atoms with Gasteiger partial charge in [0.2, 0.25) is 5.91 Å². The quantitative estimate of drug-likeness (QED) is 0.867. The minimum absolute atomic E-state index is 0. The molecule has 0 saturated carbocycles. The molecule has 0 radical (unpaired) electrons. The second-order valence-electron chi connectivity index (χ2n) is 4.80. The van der Waals surface area contributed by atoms with Gasteiger partial charge in [0.15, 0.2) is 0 Å². The summed E-state index contributed by atoms with van der Waals surface area (Å²) in [5, 5.41) is 7.07. The molecule has 3 nitrogen and oxygen atoms in total. The van der Waals surface area contributed by atoms with E-state index in [1.165, 1.54) is 0 Å². The fourth-order valence-corrected chi connectivity index (χ4v) is 2.39. The van der Waals surface area contributed by atoms with Crippen molar-refractivity contribution < 1.29 is 4.79 Å². The van der Waals surface area contributed by atoms with E-state index in [0.29, 0.717) is 15.7 Å². The Morgan fingerprint density at radius 1 is 1.32 bits per heavy atom. The number of halogens is 3. The first-order chi connectivity index (χ1) is 8.51. The summed E-state index contributed by atoms with van der Waals surface area (Å²) in [7, 11) is 0. The van der Waals surface area contributed by atoms with Crippen LogP contribution in [0.5, 0.6) is 0 Å². The largest absolute Gasteiger partial charge is 0.324 e. The van der Waals surface area contributed by atoms with Crippen molar-refractivity contribution in [1.82, 2.24) is 5.32 Å². The number of carbonyl (C=O) groups is 1. The Bertz CT molecular complexity index is 459. The number of benzene rings is 1. The monoisotopic (exact) mass is 322 g/mol. The van der Waals surface area contributed by atoms with Crippen LogP contribution >= 0.6 is 35.6 Å². The highest BCUT2D eigenvalue weighted by Crippen LogP contribution is 2.26. The van der Waals surface area contributed by atoms with Gasteiger partial charge in [0.1, 0.15) is 0 Å². The van der Waals surface area contributed by atoms with E-state index >= 15 is 0 Å². The number of anilines is 1. The molecule has 0 aliphatic carbocycles. The molecule has 106 valence electrons. The van der Waals surface area contributed by atoms with E-state index < -0.39 is 5.54 Å². The maximum Gasteiger partial charge on any atom is 0.244 e. The summed E-state index contributed by atoms with van der Waals surface area (Å²) in [6.07, 6.45) is 3.04. The van der Waals surface area contributed by atoms with E-state index in [4.69, 9.17) is 23.2 Å². The number of amides is 1. The number of carbonyl (C=O) groups excluding carboxylic acids is 1. The molecule has 19 heavy (non-hydrogen) atoms. The standard InChI is InChI=1S/C13H16Cl2N2O.ClH/c1-13(6-2-3-7-16-13)12(18)17-9-4-5-10(14)11(15)8-9;/h4-5,8,16H,2-3,6-7H2,1H3,(H,17,18);1H. The summed E-state index contributed by atoms with van der Waals surface area (Å²) in [5.41, 5.74) is 0.174. The maximum absolute atomic E-state index is 12.2. The summed E-state index contributed by atoms with van der Waals surface area (Å²) in [5.74, 6) is -0.0272. The fourth-order valence-electron chi connectivity index (χ4n) is 2.09. The van der Waals surface area contributed by atoms with Gasteiger partial charge < -0.3 is 10.6 Å². The van der Waals surface area contributed by atoms with Crippen molar-refractivity contribution in [2.24, 2.45) is 0 Å².